The molecule has 1 aromatic rings. The Hall–Kier alpha value is -1.42. The van der Waals surface area contributed by atoms with Crippen LogP contribution in [0.2, 0.25) is 0 Å². The van der Waals surface area contributed by atoms with E-state index in [0.717, 1.165) is 31.7 Å². The summed E-state index contributed by atoms with van der Waals surface area (Å²) < 4.78 is 13.2. The van der Waals surface area contributed by atoms with E-state index in [1.807, 2.05) is 24.8 Å². The predicted molar refractivity (Wildman–Crippen MR) is 75.5 cm³/mol. The minimum atomic E-state index is -0.178. The highest BCUT2D eigenvalue weighted by Crippen LogP contribution is 2.34. The number of nitrogens with zero attached hydrogens (tertiary/aromatic N) is 2. The second kappa shape index (κ2) is 5.17. The number of amides is 1. The molecular weight excluding hydrogens is 255 g/mol. The molecule has 108 valence electrons. The molecule has 2 aliphatic heterocycles. The Morgan fingerprint density at radius 3 is 2.85 bits per heavy atom. The summed E-state index contributed by atoms with van der Waals surface area (Å²) in [5, 5.41) is 0. The van der Waals surface area contributed by atoms with Crippen molar-refractivity contribution in [3.05, 3.63) is 35.6 Å². The Morgan fingerprint density at radius 1 is 1.35 bits per heavy atom. The van der Waals surface area contributed by atoms with Gasteiger partial charge in [0.05, 0.1) is 0 Å². The van der Waals surface area contributed by atoms with E-state index in [1.54, 1.807) is 12.1 Å². The fourth-order valence-corrected chi connectivity index (χ4v) is 3.34. The van der Waals surface area contributed by atoms with E-state index in [2.05, 4.69) is 4.90 Å². The lowest BCUT2D eigenvalue weighted by Gasteiger charge is -2.43. The van der Waals surface area contributed by atoms with Crippen LogP contribution >= 0.6 is 0 Å². The first-order valence-corrected chi connectivity index (χ1v) is 7.32. The normalized spacial score (nSPS) is 25.7. The maximum absolute atomic E-state index is 13.2. The van der Waals surface area contributed by atoms with Gasteiger partial charge in [0.2, 0.25) is 5.91 Å². The zero-order chi connectivity index (χ0) is 14.3. The fourth-order valence-electron chi connectivity index (χ4n) is 3.34. The van der Waals surface area contributed by atoms with Gasteiger partial charge >= 0.3 is 0 Å². The zero-order valence-electron chi connectivity index (χ0n) is 12.1. The van der Waals surface area contributed by atoms with Crippen molar-refractivity contribution < 1.29 is 9.18 Å². The molecule has 2 aliphatic rings. The Bertz CT molecular complexity index is 517. The first kappa shape index (κ1) is 13.6. The summed E-state index contributed by atoms with van der Waals surface area (Å²) in [5.41, 5.74) is 1.01. The largest absolute Gasteiger partial charge is 0.341 e. The number of halogens is 1. The van der Waals surface area contributed by atoms with Crippen molar-refractivity contribution in [2.24, 2.45) is 11.8 Å². The van der Waals surface area contributed by atoms with Gasteiger partial charge in [-0.3, -0.25) is 9.69 Å². The van der Waals surface area contributed by atoms with Crippen molar-refractivity contribution in [2.45, 2.75) is 26.4 Å². The first-order chi connectivity index (χ1) is 9.54. The number of hydrogen-bond donors (Lipinski definition) is 0. The maximum Gasteiger partial charge on any atom is 0.225 e. The van der Waals surface area contributed by atoms with Gasteiger partial charge in [-0.2, -0.15) is 0 Å². The van der Waals surface area contributed by atoms with E-state index in [1.165, 1.54) is 6.07 Å². The zero-order valence-corrected chi connectivity index (χ0v) is 12.1. The Labute approximate surface area is 119 Å². The first-order valence-electron chi connectivity index (χ1n) is 7.32. The molecule has 20 heavy (non-hydrogen) atoms. The molecule has 2 heterocycles. The third-order valence-electron chi connectivity index (χ3n) is 4.42. The van der Waals surface area contributed by atoms with E-state index >= 15 is 0 Å². The molecular formula is C16H21FN2O. The maximum atomic E-state index is 13.2. The van der Waals surface area contributed by atoms with Crippen LogP contribution in [-0.4, -0.2) is 41.4 Å². The lowest BCUT2D eigenvalue weighted by atomic mass is 9.91. The summed E-state index contributed by atoms with van der Waals surface area (Å²) in [6.45, 7) is 7.42. The molecule has 0 N–H and O–H groups in total. The number of rotatable bonds is 3. The molecule has 0 bridgehead atoms. The third kappa shape index (κ3) is 2.44. The van der Waals surface area contributed by atoms with Gasteiger partial charge in [-0.15, -0.1) is 0 Å². The Kier molecular flexibility index (Phi) is 3.50. The standard InChI is InChI=1S/C16H21FN2O/c1-11(2)16(20)19-9-13-8-18(15(13)10-19)7-12-4-3-5-14(17)6-12/h3-6,11,13,15H,7-10H2,1-2H3/t13-,15-/m0/s1. The summed E-state index contributed by atoms with van der Waals surface area (Å²) in [6, 6.07) is 7.24. The van der Waals surface area contributed by atoms with Gasteiger partial charge in [0.15, 0.2) is 0 Å². The molecule has 2 saturated heterocycles. The van der Waals surface area contributed by atoms with Crippen molar-refractivity contribution in [2.75, 3.05) is 19.6 Å². The molecule has 0 spiro atoms. The molecule has 1 aromatic carbocycles. The fraction of sp³-hybridized carbons (Fsp3) is 0.562. The van der Waals surface area contributed by atoms with Crippen LogP contribution in [0, 0.1) is 17.7 Å². The van der Waals surface area contributed by atoms with Gasteiger partial charge in [-0.05, 0) is 17.7 Å². The number of likely N-dealkylation sites (tertiary alicyclic amines) is 2. The monoisotopic (exact) mass is 276 g/mol. The van der Waals surface area contributed by atoms with Crippen molar-refractivity contribution in [3.63, 3.8) is 0 Å². The van der Waals surface area contributed by atoms with Gasteiger partial charge in [-0.25, -0.2) is 4.39 Å². The van der Waals surface area contributed by atoms with Crippen LogP contribution in [0.15, 0.2) is 24.3 Å². The summed E-state index contributed by atoms with van der Waals surface area (Å²) in [4.78, 5) is 16.4. The molecule has 4 heteroatoms. The summed E-state index contributed by atoms with van der Waals surface area (Å²) >= 11 is 0. The van der Waals surface area contributed by atoms with E-state index in [9.17, 15) is 9.18 Å². The highest BCUT2D eigenvalue weighted by molar-refractivity contribution is 5.78. The molecule has 0 radical (unpaired) electrons. The SMILES string of the molecule is CC(C)C(=O)N1C[C@@H]2CN(Cc3cccc(F)c3)[C@H]2C1. The molecule has 3 nitrogen and oxygen atoms in total. The van der Waals surface area contributed by atoms with Crippen LogP contribution in [0.4, 0.5) is 4.39 Å². The lowest BCUT2D eigenvalue weighted by Crippen LogP contribution is -2.54. The Morgan fingerprint density at radius 2 is 2.15 bits per heavy atom. The number of benzene rings is 1. The van der Waals surface area contributed by atoms with Crippen LogP contribution < -0.4 is 0 Å². The minimum Gasteiger partial charge on any atom is -0.341 e. The average Bonchev–Trinajstić information content (AvgIpc) is 2.73. The van der Waals surface area contributed by atoms with E-state index in [0.29, 0.717) is 12.0 Å². The van der Waals surface area contributed by atoms with Crippen LogP contribution in [0.3, 0.4) is 0 Å². The van der Waals surface area contributed by atoms with Crippen LogP contribution in [-0.2, 0) is 11.3 Å². The molecule has 0 aliphatic carbocycles. The molecule has 3 rings (SSSR count). The summed E-state index contributed by atoms with van der Waals surface area (Å²) in [7, 11) is 0. The second-order valence-electron chi connectivity index (χ2n) is 6.28. The predicted octanol–water partition coefficient (Wildman–Crippen LogP) is 2.12. The smallest absolute Gasteiger partial charge is 0.225 e. The van der Waals surface area contributed by atoms with Gasteiger partial charge in [0.25, 0.3) is 0 Å². The molecule has 2 atom stereocenters. The van der Waals surface area contributed by atoms with Crippen LogP contribution in [0.25, 0.3) is 0 Å². The second-order valence-corrected chi connectivity index (χ2v) is 6.28. The topological polar surface area (TPSA) is 23.6 Å². The quantitative estimate of drug-likeness (QED) is 0.844. The highest BCUT2D eigenvalue weighted by atomic mass is 19.1. The third-order valence-corrected chi connectivity index (χ3v) is 4.42. The van der Waals surface area contributed by atoms with Gasteiger partial charge in [0.1, 0.15) is 5.82 Å². The van der Waals surface area contributed by atoms with Gasteiger partial charge in [0, 0.05) is 44.1 Å². The Balaban J connectivity index is 1.60. The number of carbonyl (C=O) groups is 1. The lowest BCUT2D eigenvalue weighted by molar-refractivity contribution is -0.133. The molecule has 2 fully saturated rings. The molecule has 0 aromatic heterocycles. The van der Waals surface area contributed by atoms with Gasteiger partial charge < -0.3 is 4.90 Å². The summed E-state index contributed by atoms with van der Waals surface area (Å²) in [5.74, 6) is 0.753. The number of fused-ring (bicyclic) bond motifs is 1. The van der Waals surface area contributed by atoms with Crippen molar-refractivity contribution in [1.29, 1.82) is 0 Å². The van der Waals surface area contributed by atoms with Crippen LogP contribution in [0.5, 0.6) is 0 Å². The highest BCUT2D eigenvalue weighted by Gasteiger charge is 2.46. The van der Waals surface area contributed by atoms with Crippen molar-refractivity contribution in [3.8, 4) is 0 Å². The van der Waals surface area contributed by atoms with E-state index in [4.69, 9.17) is 0 Å². The van der Waals surface area contributed by atoms with E-state index < -0.39 is 0 Å². The molecule has 1 amide bonds. The van der Waals surface area contributed by atoms with Crippen LogP contribution in [0.1, 0.15) is 19.4 Å². The molecule has 0 saturated carbocycles. The summed E-state index contributed by atoms with van der Waals surface area (Å²) in [6.07, 6.45) is 0. The minimum absolute atomic E-state index is 0.0733. The average molecular weight is 276 g/mol. The molecule has 0 unspecified atom stereocenters. The van der Waals surface area contributed by atoms with E-state index in [-0.39, 0.29) is 17.6 Å². The van der Waals surface area contributed by atoms with Crippen molar-refractivity contribution >= 4 is 5.91 Å². The van der Waals surface area contributed by atoms with Gasteiger partial charge in [-0.1, -0.05) is 26.0 Å². The number of carbonyl (C=O) groups excluding carboxylic acids is 1. The van der Waals surface area contributed by atoms with Crippen molar-refractivity contribution in [1.82, 2.24) is 9.80 Å². The number of hydrogen-bond acceptors (Lipinski definition) is 2.